The number of aromatic hydroxyl groups is 2. The Hall–Kier alpha value is -1.71. The summed E-state index contributed by atoms with van der Waals surface area (Å²) >= 11 is 0. The van der Waals surface area contributed by atoms with Gasteiger partial charge in [-0.05, 0) is 30.0 Å². The second-order valence-electron chi connectivity index (χ2n) is 5.37. The normalized spacial score (nSPS) is 13.1. The highest BCUT2D eigenvalue weighted by molar-refractivity contribution is 5.93. The van der Waals surface area contributed by atoms with Crippen LogP contribution >= 0.6 is 0 Å². The lowest BCUT2D eigenvalue weighted by Gasteiger charge is -2.29. The maximum Gasteiger partial charge on any atom is 0.342 e. The van der Waals surface area contributed by atoms with E-state index in [2.05, 4.69) is 0 Å². The molecule has 0 fully saturated rings. The fourth-order valence-corrected chi connectivity index (χ4v) is 1.75. The van der Waals surface area contributed by atoms with Crippen LogP contribution in [0, 0.1) is 5.41 Å². The quantitative estimate of drug-likeness (QED) is 0.641. The first kappa shape index (κ1) is 14.4. The van der Waals surface area contributed by atoms with E-state index in [0.717, 1.165) is 0 Å². The van der Waals surface area contributed by atoms with E-state index in [1.165, 1.54) is 18.2 Å². The molecule has 4 nitrogen and oxygen atoms in total. The second kappa shape index (κ2) is 5.29. The van der Waals surface area contributed by atoms with E-state index in [9.17, 15) is 15.0 Å². The largest absolute Gasteiger partial charge is 0.508 e. The number of hydrogen-bond acceptors (Lipinski definition) is 4. The summed E-state index contributed by atoms with van der Waals surface area (Å²) < 4.78 is 5.38. The van der Waals surface area contributed by atoms with Crippen molar-refractivity contribution < 1.29 is 19.7 Å². The van der Waals surface area contributed by atoms with Gasteiger partial charge in [0.05, 0.1) is 0 Å². The number of hydrogen-bond donors (Lipinski definition) is 2. The van der Waals surface area contributed by atoms with Gasteiger partial charge < -0.3 is 14.9 Å². The van der Waals surface area contributed by atoms with Gasteiger partial charge in [0.15, 0.2) is 0 Å². The van der Waals surface area contributed by atoms with Crippen molar-refractivity contribution >= 4 is 5.97 Å². The molecule has 1 aromatic carbocycles. The van der Waals surface area contributed by atoms with Crippen molar-refractivity contribution in [1.82, 2.24) is 0 Å². The fraction of sp³-hybridized carbons (Fsp3) is 0.500. The minimum Gasteiger partial charge on any atom is -0.508 e. The first-order valence-corrected chi connectivity index (χ1v) is 5.98. The Kier molecular flexibility index (Phi) is 4.22. The van der Waals surface area contributed by atoms with Crippen LogP contribution in [0.5, 0.6) is 11.5 Å². The van der Waals surface area contributed by atoms with Crippen LogP contribution in [-0.2, 0) is 4.74 Å². The number of carbonyl (C=O) groups is 1. The Morgan fingerprint density at radius 2 is 1.94 bits per heavy atom. The van der Waals surface area contributed by atoms with Crippen LogP contribution in [0.3, 0.4) is 0 Å². The van der Waals surface area contributed by atoms with E-state index in [-0.39, 0.29) is 28.6 Å². The summed E-state index contributed by atoms with van der Waals surface area (Å²) in [6, 6.07) is 3.78. The van der Waals surface area contributed by atoms with Gasteiger partial charge >= 0.3 is 5.97 Å². The van der Waals surface area contributed by atoms with Gasteiger partial charge in [0, 0.05) is 0 Å². The molecule has 0 bridgehead atoms. The lowest BCUT2D eigenvalue weighted by molar-refractivity contribution is -0.00432. The standard InChI is InChI=1S/C14H20O4/c1-5-12(14(2,3)4)18-13(17)10-8-9(15)6-7-11(10)16/h6-8,12,15-16H,5H2,1-4H3. The lowest BCUT2D eigenvalue weighted by atomic mass is 9.87. The Balaban J connectivity index is 2.91. The van der Waals surface area contributed by atoms with Crippen LogP contribution in [0.25, 0.3) is 0 Å². The molecule has 0 spiro atoms. The Morgan fingerprint density at radius 3 is 2.44 bits per heavy atom. The average Bonchev–Trinajstić information content (AvgIpc) is 2.27. The predicted molar refractivity (Wildman–Crippen MR) is 68.7 cm³/mol. The van der Waals surface area contributed by atoms with Crippen molar-refractivity contribution in [1.29, 1.82) is 0 Å². The number of phenolic OH excluding ortho intramolecular Hbond substituents is 2. The fourth-order valence-electron chi connectivity index (χ4n) is 1.75. The van der Waals surface area contributed by atoms with Gasteiger partial charge in [-0.2, -0.15) is 0 Å². The Labute approximate surface area is 107 Å². The van der Waals surface area contributed by atoms with Crippen LogP contribution in [0.15, 0.2) is 18.2 Å². The molecule has 0 amide bonds. The Bertz CT molecular complexity index is 432. The molecular formula is C14H20O4. The minimum atomic E-state index is -0.620. The van der Waals surface area contributed by atoms with Crippen molar-refractivity contribution in [2.24, 2.45) is 5.41 Å². The molecule has 0 aliphatic heterocycles. The SMILES string of the molecule is CCC(OC(=O)c1cc(O)ccc1O)C(C)(C)C. The summed E-state index contributed by atoms with van der Waals surface area (Å²) in [5, 5.41) is 18.9. The molecule has 1 atom stereocenters. The number of rotatable bonds is 3. The topological polar surface area (TPSA) is 66.8 Å². The maximum absolute atomic E-state index is 11.9. The van der Waals surface area contributed by atoms with E-state index in [1.54, 1.807) is 0 Å². The second-order valence-corrected chi connectivity index (χ2v) is 5.37. The number of carbonyl (C=O) groups excluding carboxylic acids is 1. The van der Waals surface area contributed by atoms with E-state index in [4.69, 9.17) is 4.74 Å². The van der Waals surface area contributed by atoms with Gasteiger partial charge in [0.25, 0.3) is 0 Å². The van der Waals surface area contributed by atoms with Gasteiger partial charge in [-0.25, -0.2) is 4.79 Å². The van der Waals surface area contributed by atoms with Gasteiger partial charge in [-0.1, -0.05) is 27.7 Å². The van der Waals surface area contributed by atoms with Gasteiger partial charge in [0.2, 0.25) is 0 Å². The molecule has 1 unspecified atom stereocenters. The van der Waals surface area contributed by atoms with E-state index in [0.29, 0.717) is 6.42 Å². The molecule has 4 heteroatoms. The molecule has 1 rings (SSSR count). The van der Waals surface area contributed by atoms with Crippen molar-refractivity contribution in [2.75, 3.05) is 0 Å². The number of ether oxygens (including phenoxy) is 1. The molecule has 0 aromatic heterocycles. The monoisotopic (exact) mass is 252 g/mol. The summed E-state index contributed by atoms with van der Waals surface area (Å²) in [7, 11) is 0. The van der Waals surface area contributed by atoms with Crippen LogP contribution in [0.4, 0.5) is 0 Å². The summed E-state index contributed by atoms with van der Waals surface area (Å²) in [5.74, 6) is -0.893. The van der Waals surface area contributed by atoms with Crippen LogP contribution < -0.4 is 0 Å². The third kappa shape index (κ3) is 3.39. The Morgan fingerprint density at radius 1 is 1.33 bits per heavy atom. The highest BCUT2D eigenvalue weighted by atomic mass is 16.5. The molecule has 0 aliphatic rings. The van der Waals surface area contributed by atoms with Crippen molar-refractivity contribution in [3.05, 3.63) is 23.8 Å². The zero-order valence-corrected chi connectivity index (χ0v) is 11.2. The van der Waals surface area contributed by atoms with E-state index >= 15 is 0 Å². The highest BCUT2D eigenvalue weighted by Gasteiger charge is 2.28. The number of benzene rings is 1. The van der Waals surface area contributed by atoms with E-state index in [1.807, 2.05) is 27.7 Å². The third-order valence-corrected chi connectivity index (χ3v) is 2.79. The van der Waals surface area contributed by atoms with Crippen LogP contribution in [-0.4, -0.2) is 22.3 Å². The third-order valence-electron chi connectivity index (χ3n) is 2.79. The van der Waals surface area contributed by atoms with Crippen LogP contribution in [0.1, 0.15) is 44.5 Å². The number of phenols is 2. The molecule has 100 valence electrons. The molecule has 2 N–H and O–H groups in total. The zero-order valence-electron chi connectivity index (χ0n) is 11.2. The van der Waals surface area contributed by atoms with Crippen LogP contribution in [0.2, 0.25) is 0 Å². The van der Waals surface area contributed by atoms with Gasteiger partial charge in [0.1, 0.15) is 23.2 Å². The van der Waals surface area contributed by atoms with Crippen molar-refractivity contribution in [3.63, 3.8) is 0 Å². The summed E-state index contributed by atoms with van der Waals surface area (Å²) in [6.07, 6.45) is 0.446. The molecule has 0 saturated heterocycles. The summed E-state index contributed by atoms with van der Waals surface area (Å²) in [4.78, 5) is 11.9. The maximum atomic E-state index is 11.9. The molecule has 18 heavy (non-hydrogen) atoms. The lowest BCUT2D eigenvalue weighted by Crippen LogP contribution is -2.31. The molecule has 0 aliphatic carbocycles. The molecule has 1 aromatic rings. The molecular weight excluding hydrogens is 232 g/mol. The number of esters is 1. The van der Waals surface area contributed by atoms with Gasteiger partial charge in [-0.3, -0.25) is 0 Å². The summed E-state index contributed by atoms with van der Waals surface area (Å²) in [5.41, 5.74) is -0.186. The minimum absolute atomic E-state index is 0.0160. The highest BCUT2D eigenvalue weighted by Crippen LogP contribution is 2.28. The van der Waals surface area contributed by atoms with Crippen molar-refractivity contribution in [3.8, 4) is 11.5 Å². The van der Waals surface area contributed by atoms with Crippen molar-refractivity contribution in [2.45, 2.75) is 40.2 Å². The van der Waals surface area contributed by atoms with Gasteiger partial charge in [-0.15, -0.1) is 0 Å². The average molecular weight is 252 g/mol. The smallest absolute Gasteiger partial charge is 0.342 e. The first-order valence-electron chi connectivity index (χ1n) is 5.98. The molecule has 0 heterocycles. The first-order chi connectivity index (χ1) is 8.25. The molecule has 0 radical (unpaired) electrons. The molecule has 0 saturated carbocycles. The van der Waals surface area contributed by atoms with E-state index < -0.39 is 5.97 Å². The predicted octanol–water partition coefficient (Wildman–Crippen LogP) is 3.08. The summed E-state index contributed by atoms with van der Waals surface area (Å²) in [6.45, 7) is 7.88. The zero-order chi connectivity index (χ0) is 13.9.